The number of aliphatic hydroxyl groups is 1. The molecule has 24 heavy (non-hydrogen) atoms. The molecule has 0 spiro atoms. The molecule has 0 aliphatic carbocycles. The summed E-state index contributed by atoms with van der Waals surface area (Å²) in [6, 6.07) is 0. The largest absolute Gasteiger partial charge is 0.394 e. The summed E-state index contributed by atoms with van der Waals surface area (Å²) < 4.78 is 19.7. The molecule has 130 valence electrons. The highest BCUT2D eigenvalue weighted by atomic mass is 16.8. The fourth-order valence-corrected chi connectivity index (χ4v) is 3.42. The van der Waals surface area contributed by atoms with E-state index in [2.05, 4.69) is 20.3 Å². The highest BCUT2D eigenvalue weighted by Gasteiger charge is 2.55. The number of nitrogens with one attached hydrogen (secondary N) is 1. The molecular weight excluding hydrogens is 314 g/mol. The van der Waals surface area contributed by atoms with E-state index in [-0.39, 0.29) is 18.8 Å². The number of anilines is 1. The first-order valence-electron chi connectivity index (χ1n) is 7.94. The second-order valence-corrected chi connectivity index (χ2v) is 6.51. The van der Waals surface area contributed by atoms with Gasteiger partial charge in [0, 0.05) is 7.05 Å². The van der Waals surface area contributed by atoms with Gasteiger partial charge in [-0.1, -0.05) is 0 Å². The third-order valence-electron chi connectivity index (χ3n) is 4.35. The van der Waals surface area contributed by atoms with Crippen LogP contribution in [0.15, 0.2) is 6.33 Å². The van der Waals surface area contributed by atoms with Crippen LogP contribution in [0.5, 0.6) is 0 Å². The summed E-state index contributed by atoms with van der Waals surface area (Å²) in [7, 11) is 1.79. The molecule has 4 heterocycles. The number of fused-ring (bicyclic) bond motifs is 2. The van der Waals surface area contributed by atoms with E-state index in [1.54, 1.807) is 13.4 Å². The van der Waals surface area contributed by atoms with Crippen LogP contribution in [0.3, 0.4) is 0 Å². The molecule has 2 saturated heterocycles. The molecule has 0 radical (unpaired) electrons. The minimum Gasteiger partial charge on any atom is -0.394 e. The van der Waals surface area contributed by atoms with E-state index >= 15 is 0 Å². The lowest BCUT2D eigenvalue weighted by Crippen LogP contribution is -2.31. The minimum atomic E-state index is -0.720. The molecule has 0 aromatic carbocycles. The van der Waals surface area contributed by atoms with Crippen molar-refractivity contribution < 1.29 is 19.3 Å². The first-order chi connectivity index (χ1) is 11.4. The van der Waals surface area contributed by atoms with Crippen LogP contribution in [-0.2, 0) is 14.2 Å². The quantitative estimate of drug-likeness (QED) is 0.840. The van der Waals surface area contributed by atoms with Gasteiger partial charge in [0.05, 0.1) is 12.9 Å². The van der Waals surface area contributed by atoms with Crippen LogP contribution in [0, 0.1) is 6.92 Å². The highest BCUT2D eigenvalue weighted by molar-refractivity contribution is 5.82. The maximum Gasteiger partial charge on any atom is 0.167 e. The summed E-state index contributed by atoms with van der Waals surface area (Å²) in [6.07, 6.45) is 0.0568. The lowest BCUT2D eigenvalue weighted by Gasteiger charge is -2.24. The number of hydrogen-bond donors (Lipinski definition) is 2. The second kappa shape index (κ2) is 5.35. The first-order valence-corrected chi connectivity index (χ1v) is 7.94. The number of aryl methyl sites for hydroxylation is 1. The van der Waals surface area contributed by atoms with Crippen molar-refractivity contribution in [2.24, 2.45) is 0 Å². The van der Waals surface area contributed by atoms with E-state index in [0.29, 0.717) is 22.8 Å². The van der Waals surface area contributed by atoms with E-state index in [4.69, 9.17) is 14.2 Å². The number of hydrogen-bond acceptors (Lipinski definition) is 8. The first kappa shape index (κ1) is 15.7. The molecule has 0 bridgehead atoms. The van der Waals surface area contributed by atoms with Gasteiger partial charge in [-0.3, -0.25) is 4.57 Å². The molecule has 2 aromatic heterocycles. The van der Waals surface area contributed by atoms with Crippen molar-refractivity contribution >= 4 is 17.0 Å². The molecule has 2 aliphatic rings. The summed E-state index contributed by atoms with van der Waals surface area (Å²) in [5.74, 6) is 0.571. The van der Waals surface area contributed by atoms with Gasteiger partial charge in [-0.15, -0.1) is 0 Å². The molecule has 2 aromatic rings. The third kappa shape index (κ3) is 2.27. The number of aromatic nitrogens is 4. The van der Waals surface area contributed by atoms with Gasteiger partial charge >= 0.3 is 0 Å². The monoisotopic (exact) mass is 335 g/mol. The SMILES string of the molecule is CNc1nc(C)nc2c1ncn2C1O[C@H](CO)C2OC(C)(C)OC21. The fourth-order valence-electron chi connectivity index (χ4n) is 3.42. The third-order valence-corrected chi connectivity index (χ3v) is 4.35. The topological polar surface area (TPSA) is 104 Å². The van der Waals surface area contributed by atoms with Gasteiger partial charge in [0.2, 0.25) is 0 Å². The van der Waals surface area contributed by atoms with Crippen molar-refractivity contribution in [3.8, 4) is 0 Å². The van der Waals surface area contributed by atoms with Gasteiger partial charge in [0.15, 0.2) is 29.0 Å². The zero-order valence-electron chi connectivity index (χ0n) is 14.1. The Morgan fingerprint density at radius 3 is 2.75 bits per heavy atom. The predicted molar refractivity (Wildman–Crippen MR) is 84.4 cm³/mol. The second-order valence-electron chi connectivity index (χ2n) is 6.51. The van der Waals surface area contributed by atoms with Crippen LogP contribution in [0.1, 0.15) is 25.9 Å². The van der Waals surface area contributed by atoms with Crippen molar-refractivity contribution in [3.63, 3.8) is 0 Å². The average molecular weight is 335 g/mol. The van der Waals surface area contributed by atoms with Crippen molar-refractivity contribution in [1.82, 2.24) is 19.5 Å². The van der Waals surface area contributed by atoms with E-state index in [9.17, 15) is 5.11 Å². The summed E-state index contributed by atoms with van der Waals surface area (Å²) in [6.45, 7) is 5.40. The summed E-state index contributed by atoms with van der Waals surface area (Å²) in [5, 5.41) is 12.6. The number of nitrogens with zero attached hydrogens (tertiary/aromatic N) is 4. The standard InChI is InChI=1S/C15H21N5O4/c1-7-18-12(16-4)9-13(19-7)20(6-17-9)14-11-10(8(5-21)22-14)23-15(2,3)24-11/h6,8,10-11,14,21H,5H2,1-4H3,(H,16,18,19)/t8-,10?,11?,14?/m1/s1. The number of imidazole rings is 1. The maximum atomic E-state index is 9.62. The Kier molecular flexibility index (Phi) is 3.50. The maximum absolute atomic E-state index is 9.62. The van der Waals surface area contributed by atoms with Crippen LogP contribution >= 0.6 is 0 Å². The zero-order valence-corrected chi connectivity index (χ0v) is 14.1. The Hall–Kier alpha value is -1.81. The van der Waals surface area contributed by atoms with Crippen LogP contribution in [0.2, 0.25) is 0 Å². The number of aliphatic hydroxyl groups excluding tert-OH is 1. The van der Waals surface area contributed by atoms with E-state index in [0.717, 1.165) is 0 Å². The lowest BCUT2D eigenvalue weighted by atomic mass is 10.1. The van der Waals surface area contributed by atoms with Gasteiger partial charge in [0.25, 0.3) is 0 Å². The van der Waals surface area contributed by atoms with Crippen LogP contribution in [0.4, 0.5) is 5.82 Å². The molecule has 2 N–H and O–H groups in total. The van der Waals surface area contributed by atoms with Gasteiger partial charge in [-0.2, -0.15) is 0 Å². The Balaban J connectivity index is 1.79. The summed E-state index contributed by atoms with van der Waals surface area (Å²) >= 11 is 0. The lowest BCUT2D eigenvalue weighted by molar-refractivity contribution is -0.199. The molecule has 9 nitrogen and oxygen atoms in total. The minimum absolute atomic E-state index is 0.139. The molecule has 4 rings (SSSR count). The predicted octanol–water partition coefficient (Wildman–Crippen LogP) is 0.586. The Bertz CT molecular complexity index is 777. The van der Waals surface area contributed by atoms with Crippen molar-refractivity contribution in [2.45, 2.75) is 51.1 Å². The fraction of sp³-hybridized carbons (Fsp3) is 0.667. The molecular formula is C15H21N5O4. The van der Waals surface area contributed by atoms with Crippen LogP contribution < -0.4 is 5.32 Å². The Morgan fingerprint density at radius 2 is 2.04 bits per heavy atom. The van der Waals surface area contributed by atoms with E-state index in [1.807, 2.05) is 25.3 Å². The van der Waals surface area contributed by atoms with Gasteiger partial charge in [0.1, 0.15) is 24.1 Å². The van der Waals surface area contributed by atoms with Crippen LogP contribution in [0.25, 0.3) is 11.2 Å². The molecule has 2 fully saturated rings. The van der Waals surface area contributed by atoms with Crippen LogP contribution in [-0.4, -0.2) is 62.4 Å². The molecule has 4 atom stereocenters. The molecule has 3 unspecified atom stereocenters. The zero-order chi connectivity index (χ0) is 17.1. The molecule has 0 saturated carbocycles. The van der Waals surface area contributed by atoms with Gasteiger partial charge in [-0.05, 0) is 20.8 Å². The number of ether oxygens (including phenoxy) is 3. The summed E-state index contributed by atoms with van der Waals surface area (Å²) in [4.78, 5) is 13.3. The van der Waals surface area contributed by atoms with E-state index in [1.165, 1.54) is 0 Å². The van der Waals surface area contributed by atoms with Crippen molar-refractivity contribution in [1.29, 1.82) is 0 Å². The van der Waals surface area contributed by atoms with Crippen molar-refractivity contribution in [3.05, 3.63) is 12.2 Å². The highest BCUT2D eigenvalue weighted by Crippen LogP contribution is 2.43. The van der Waals surface area contributed by atoms with E-state index < -0.39 is 18.1 Å². The molecule has 2 aliphatic heterocycles. The molecule has 9 heteroatoms. The van der Waals surface area contributed by atoms with Gasteiger partial charge in [-0.25, -0.2) is 15.0 Å². The van der Waals surface area contributed by atoms with Gasteiger partial charge < -0.3 is 24.6 Å². The smallest absolute Gasteiger partial charge is 0.167 e. The Morgan fingerprint density at radius 1 is 1.29 bits per heavy atom. The summed E-state index contributed by atoms with van der Waals surface area (Å²) in [5.41, 5.74) is 1.32. The number of rotatable bonds is 3. The molecule has 0 amide bonds. The normalized spacial score (nSPS) is 31.5. The Labute approximate surface area is 139 Å². The average Bonchev–Trinajstić information content (AvgIpc) is 3.16. The van der Waals surface area contributed by atoms with Crippen molar-refractivity contribution in [2.75, 3.05) is 19.0 Å².